The van der Waals surface area contributed by atoms with Gasteiger partial charge in [0.05, 0.1) is 11.7 Å². The van der Waals surface area contributed by atoms with Gasteiger partial charge >= 0.3 is 0 Å². The van der Waals surface area contributed by atoms with Gasteiger partial charge in [0, 0.05) is 26.1 Å². The largest absolute Gasteiger partial charge is 0.351 e. The van der Waals surface area contributed by atoms with Crippen LogP contribution in [0.5, 0.6) is 0 Å². The van der Waals surface area contributed by atoms with E-state index in [0.717, 1.165) is 63.9 Å². The summed E-state index contributed by atoms with van der Waals surface area (Å²) in [5, 5.41) is 14.6. The quantitative estimate of drug-likeness (QED) is 0.707. The van der Waals surface area contributed by atoms with Crippen molar-refractivity contribution in [3.63, 3.8) is 0 Å². The Labute approximate surface area is 166 Å². The van der Waals surface area contributed by atoms with Crippen LogP contribution in [0.3, 0.4) is 0 Å². The summed E-state index contributed by atoms with van der Waals surface area (Å²) in [7, 11) is 0. The average Bonchev–Trinajstić information content (AvgIpc) is 2.92. The second-order valence-corrected chi connectivity index (χ2v) is 7.25. The summed E-state index contributed by atoms with van der Waals surface area (Å²) in [5.41, 5.74) is 1.24. The van der Waals surface area contributed by atoms with Gasteiger partial charge in [-0.2, -0.15) is 0 Å². The zero-order chi connectivity index (χ0) is 18.4. The lowest BCUT2D eigenvalue weighted by Crippen LogP contribution is -2.34. The molecule has 0 spiro atoms. The van der Waals surface area contributed by atoms with Crippen LogP contribution in [0.2, 0.25) is 0 Å². The van der Waals surface area contributed by atoms with E-state index in [4.69, 9.17) is 0 Å². The number of hydrogen-bond acceptors (Lipinski definition) is 5. The van der Waals surface area contributed by atoms with Crippen LogP contribution in [0.4, 0.5) is 0 Å². The van der Waals surface area contributed by atoms with Crippen LogP contribution < -0.4 is 10.6 Å². The highest BCUT2D eigenvalue weighted by Gasteiger charge is 2.23. The third kappa shape index (κ3) is 5.65. The molecule has 2 amide bonds. The van der Waals surface area contributed by atoms with Crippen molar-refractivity contribution in [2.24, 2.45) is 0 Å². The van der Waals surface area contributed by atoms with Crippen molar-refractivity contribution in [3.05, 3.63) is 11.4 Å². The second-order valence-electron chi connectivity index (χ2n) is 7.25. The minimum absolute atomic E-state index is 0. The zero-order valence-electron chi connectivity index (χ0n) is 16.1. The SMILES string of the molecule is Cc1c(C(=O)NCCCN2CCCCCC2=O)nnn1C1CCNCC1.Cl. The molecule has 0 bridgehead atoms. The van der Waals surface area contributed by atoms with E-state index < -0.39 is 0 Å². The molecule has 3 heterocycles. The summed E-state index contributed by atoms with van der Waals surface area (Å²) in [5.74, 6) is 0.0689. The van der Waals surface area contributed by atoms with Gasteiger partial charge in [0.1, 0.15) is 0 Å². The van der Waals surface area contributed by atoms with Crippen molar-refractivity contribution < 1.29 is 9.59 Å². The molecule has 3 rings (SSSR count). The van der Waals surface area contributed by atoms with Crippen LogP contribution in [0.1, 0.15) is 67.2 Å². The van der Waals surface area contributed by atoms with Crippen LogP contribution in [0, 0.1) is 6.92 Å². The molecule has 0 aliphatic carbocycles. The number of aromatic nitrogens is 3. The third-order valence-electron chi connectivity index (χ3n) is 5.36. The number of piperidine rings is 1. The van der Waals surface area contributed by atoms with E-state index in [1.165, 1.54) is 0 Å². The van der Waals surface area contributed by atoms with E-state index in [1.54, 1.807) is 0 Å². The minimum Gasteiger partial charge on any atom is -0.351 e. The second kappa shape index (κ2) is 10.6. The third-order valence-corrected chi connectivity index (χ3v) is 5.36. The molecule has 0 atom stereocenters. The molecule has 9 heteroatoms. The van der Waals surface area contributed by atoms with Gasteiger partial charge in [0.2, 0.25) is 5.91 Å². The molecule has 1 aromatic heterocycles. The highest BCUT2D eigenvalue weighted by molar-refractivity contribution is 5.93. The maximum absolute atomic E-state index is 12.4. The molecule has 2 aliphatic heterocycles. The van der Waals surface area contributed by atoms with Crippen molar-refractivity contribution in [2.45, 2.75) is 57.9 Å². The molecule has 152 valence electrons. The minimum atomic E-state index is -0.176. The van der Waals surface area contributed by atoms with E-state index in [0.29, 0.717) is 31.2 Å². The Morgan fingerprint density at radius 1 is 1.26 bits per heavy atom. The van der Waals surface area contributed by atoms with Gasteiger partial charge in [-0.15, -0.1) is 17.5 Å². The monoisotopic (exact) mass is 398 g/mol. The van der Waals surface area contributed by atoms with Crippen LogP contribution in [0.25, 0.3) is 0 Å². The normalized spacial score (nSPS) is 18.7. The van der Waals surface area contributed by atoms with E-state index >= 15 is 0 Å². The van der Waals surface area contributed by atoms with Gasteiger partial charge in [-0.1, -0.05) is 11.6 Å². The molecular weight excluding hydrogens is 368 g/mol. The first-order valence-corrected chi connectivity index (χ1v) is 9.85. The summed E-state index contributed by atoms with van der Waals surface area (Å²) >= 11 is 0. The van der Waals surface area contributed by atoms with E-state index in [9.17, 15) is 9.59 Å². The van der Waals surface area contributed by atoms with Gasteiger partial charge in [-0.25, -0.2) is 4.68 Å². The lowest BCUT2D eigenvalue weighted by Gasteiger charge is -2.23. The predicted molar refractivity (Wildman–Crippen MR) is 105 cm³/mol. The first kappa shape index (κ1) is 21.6. The lowest BCUT2D eigenvalue weighted by atomic mass is 10.1. The van der Waals surface area contributed by atoms with Crippen LogP contribution in [-0.2, 0) is 4.79 Å². The highest BCUT2D eigenvalue weighted by atomic mass is 35.5. The molecule has 1 aromatic rings. The summed E-state index contributed by atoms with van der Waals surface area (Å²) < 4.78 is 1.89. The van der Waals surface area contributed by atoms with Crippen molar-refractivity contribution >= 4 is 24.2 Å². The summed E-state index contributed by atoms with van der Waals surface area (Å²) in [6.07, 6.45) is 6.65. The number of amides is 2. The van der Waals surface area contributed by atoms with Crippen LogP contribution in [-0.4, -0.2) is 64.4 Å². The van der Waals surface area contributed by atoms with Gasteiger partial charge in [0.15, 0.2) is 5.69 Å². The fraction of sp³-hybridized carbons (Fsp3) is 0.778. The number of carbonyl (C=O) groups excluding carboxylic acids is 2. The molecule has 2 saturated heterocycles. The van der Waals surface area contributed by atoms with Crippen LogP contribution >= 0.6 is 12.4 Å². The molecule has 0 radical (unpaired) electrons. The topological polar surface area (TPSA) is 92.2 Å². The number of carbonyl (C=O) groups is 2. The predicted octanol–water partition coefficient (Wildman–Crippen LogP) is 1.46. The number of likely N-dealkylation sites (tertiary alicyclic amines) is 1. The fourth-order valence-electron chi connectivity index (χ4n) is 3.78. The number of hydrogen-bond donors (Lipinski definition) is 2. The molecule has 8 nitrogen and oxygen atoms in total. The van der Waals surface area contributed by atoms with E-state index in [-0.39, 0.29) is 24.2 Å². The summed E-state index contributed by atoms with van der Waals surface area (Å²) in [4.78, 5) is 26.3. The molecule has 2 aliphatic rings. The Bertz CT molecular complexity index is 629. The maximum Gasteiger partial charge on any atom is 0.273 e. The zero-order valence-corrected chi connectivity index (χ0v) is 16.9. The van der Waals surface area contributed by atoms with Gasteiger partial charge in [0.25, 0.3) is 5.91 Å². The number of nitrogens with zero attached hydrogens (tertiary/aromatic N) is 4. The summed E-state index contributed by atoms with van der Waals surface area (Å²) in [6, 6.07) is 0.319. The average molecular weight is 399 g/mol. The van der Waals surface area contributed by atoms with Crippen molar-refractivity contribution in [2.75, 3.05) is 32.7 Å². The number of nitrogens with one attached hydrogen (secondary N) is 2. The molecule has 2 fully saturated rings. The molecule has 0 aromatic carbocycles. The van der Waals surface area contributed by atoms with Crippen LogP contribution in [0.15, 0.2) is 0 Å². The molecule has 27 heavy (non-hydrogen) atoms. The standard InChI is InChI=1S/C18H30N6O2.ClH/c1-14-17(21-22-24(14)15-7-10-19-11-8-15)18(26)20-9-5-13-23-12-4-2-3-6-16(23)25;/h15,19H,2-13H2,1H3,(H,20,26);1H. The van der Waals surface area contributed by atoms with E-state index in [2.05, 4.69) is 20.9 Å². The van der Waals surface area contributed by atoms with E-state index in [1.807, 2.05) is 16.5 Å². The number of rotatable bonds is 6. The lowest BCUT2D eigenvalue weighted by molar-refractivity contribution is -0.130. The van der Waals surface area contributed by atoms with Crippen molar-refractivity contribution in [3.8, 4) is 0 Å². The van der Waals surface area contributed by atoms with Gasteiger partial charge < -0.3 is 15.5 Å². The first-order valence-electron chi connectivity index (χ1n) is 9.85. The molecular formula is C18H31ClN6O2. The highest BCUT2D eigenvalue weighted by Crippen LogP contribution is 2.20. The fourth-order valence-corrected chi connectivity index (χ4v) is 3.78. The smallest absolute Gasteiger partial charge is 0.273 e. The molecule has 0 unspecified atom stereocenters. The Kier molecular flexibility index (Phi) is 8.50. The maximum atomic E-state index is 12.4. The Balaban J connectivity index is 0.00000261. The Hall–Kier alpha value is -1.67. The number of halogens is 1. The molecule has 0 saturated carbocycles. The first-order chi connectivity index (χ1) is 12.7. The van der Waals surface area contributed by atoms with Crippen molar-refractivity contribution in [1.82, 2.24) is 30.5 Å². The Morgan fingerprint density at radius 2 is 2.04 bits per heavy atom. The molecule has 2 N–H and O–H groups in total. The summed E-state index contributed by atoms with van der Waals surface area (Å²) in [6.45, 7) is 5.95. The Morgan fingerprint density at radius 3 is 2.81 bits per heavy atom. The van der Waals surface area contributed by atoms with Gasteiger partial charge in [-0.05, 0) is 52.1 Å². The van der Waals surface area contributed by atoms with Gasteiger partial charge in [-0.3, -0.25) is 9.59 Å². The van der Waals surface area contributed by atoms with Crippen molar-refractivity contribution in [1.29, 1.82) is 0 Å².